The second-order valence-corrected chi connectivity index (χ2v) is 2.40. The first-order chi connectivity index (χ1) is 4.59. The molecule has 0 aromatic heterocycles. The van der Waals surface area contributed by atoms with E-state index >= 15 is 0 Å². The third-order valence-electron chi connectivity index (χ3n) is 1.22. The molecular formula is C6H12N2O2. The quantitative estimate of drug-likeness (QED) is 0.511. The molecule has 0 rings (SSSR count). The van der Waals surface area contributed by atoms with Crippen molar-refractivity contribution >= 4 is 12.3 Å². The predicted octanol–water partition coefficient (Wildman–Crippen LogP) is -0.758. The number of hydrogen-bond donors (Lipinski definition) is 2. The Morgan fingerprint density at radius 2 is 2.10 bits per heavy atom. The van der Waals surface area contributed by atoms with Gasteiger partial charge in [-0.05, 0) is 5.92 Å². The average molecular weight is 144 g/mol. The minimum Gasteiger partial charge on any atom is -0.320 e. The molecule has 4 heteroatoms. The average Bonchev–Trinajstić information content (AvgIpc) is 1.87. The molecule has 1 atom stereocenters. The van der Waals surface area contributed by atoms with Gasteiger partial charge in [-0.2, -0.15) is 0 Å². The van der Waals surface area contributed by atoms with E-state index in [4.69, 9.17) is 5.73 Å². The van der Waals surface area contributed by atoms with Gasteiger partial charge in [-0.1, -0.05) is 13.8 Å². The van der Waals surface area contributed by atoms with Gasteiger partial charge in [-0.3, -0.25) is 14.9 Å². The summed E-state index contributed by atoms with van der Waals surface area (Å²) in [5.41, 5.74) is 5.38. The molecule has 0 aromatic carbocycles. The van der Waals surface area contributed by atoms with Gasteiger partial charge in [-0.15, -0.1) is 0 Å². The molecule has 0 aromatic rings. The van der Waals surface area contributed by atoms with Crippen LogP contribution in [-0.2, 0) is 9.59 Å². The van der Waals surface area contributed by atoms with Crippen LogP contribution in [0.2, 0.25) is 0 Å². The molecule has 58 valence electrons. The Morgan fingerprint density at radius 1 is 1.60 bits per heavy atom. The molecular weight excluding hydrogens is 132 g/mol. The van der Waals surface area contributed by atoms with E-state index in [1.165, 1.54) is 0 Å². The molecule has 0 bridgehead atoms. The summed E-state index contributed by atoms with van der Waals surface area (Å²) in [7, 11) is 0. The van der Waals surface area contributed by atoms with E-state index < -0.39 is 11.9 Å². The van der Waals surface area contributed by atoms with Crippen LogP contribution in [0.25, 0.3) is 0 Å². The Hall–Kier alpha value is -0.900. The van der Waals surface area contributed by atoms with Crippen LogP contribution < -0.4 is 11.1 Å². The minimum absolute atomic E-state index is 0.0555. The minimum atomic E-state index is -0.592. The second kappa shape index (κ2) is 4.00. The lowest BCUT2D eigenvalue weighted by Crippen LogP contribution is -2.43. The molecule has 0 aliphatic carbocycles. The molecule has 2 amide bonds. The van der Waals surface area contributed by atoms with Crippen LogP contribution in [0.5, 0.6) is 0 Å². The maximum Gasteiger partial charge on any atom is 0.243 e. The lowest BCUT2D eigenvalue weighted by Gasteiger charge is -2.11. The number of nitrogens with one attached hydrogen (secondary N) is 1. The highest BCUT2D eigenvalue weighted by molar-refractivity contribution is 5.89. The molecule has 0 aliphatic rings. The summed E-state index contributed by atoms with van der Waals surface area (Å²) in [5.74, 6) is -0.370. The molecule has 0 saturated heterocycles. The van der Waals surface area contributed by atoms with Crippen molar-refractivity contribution in [2.24, 2.45) is 11.7 Å². The number of nitrogens with two attached hydrogens (primary N) is 1. The van der Waals surface area contributed by atoms with Gasteiger partial charge in [0, 0.05) is 0 Å². The molecule has 0 saturated carbocycles. The molecule has 0 aliphatic heterocycles. The lowest BCUT2D eigenvalue weighted by molar-refractivity contribution is -0.126. The van der Waals surface area contributed by atoms with Gasteiger partial charge < -0.3 is 5.73 Å². The van der Waals surface area contributed by atoms with E-state index in [-0.39, 0.29) is 5.92 Å². The molecule has 3 N–H and O–H groups in total. The highest BCUT2D eigenvalue weighted by Crippen LogP contribution is 1.96. The van der Waals surface area contributed by atoms with Crippen molar-refractivity contribution in [2.75, 3.05) is 0 Å². The standard InChI is InChI=1S/C6H12N2O2/c1-4(2)5(7)6(10)8-3-9/h3-5H,7H2,1-2H3,(H,8,9,10). The Bertz CT molecular complexity index is 134. The first kappa shape index (κ1) is 9.10. The van der Waals surface area contributed by atoms with Crippen LogP contribution in [0.1, 0.15) is 13.8 Å². The predicted molar refractivity (Wildman–Crippen MR) is 37.0 cm³/mol. The van der Waals surface area contributed by atoms with Gasteiger partial charge in [-0.25, -0.2) is 0 Å². The van der Waals surface area contributed by atoms with Crippen molar-refractivity contribution in [3.05, 3.63) is 0 Å². The van der Waals surface area contributed by atoms with Crippen LogP contribution in [0.3, 0.4) is 0 Å². The van der Waals surface area contributed by atoms with Crippen molar-refractivity contribution in [1.29, 1.82) is 0 Å². The first-order valence-electron chi connectivity index (χ1n) is 3.09. The number of amides is 2. The van der Waals surface area contributed by atoms with Crippen LogP contribution >= 0.6 is 0 Å². The van der Waals surface area contributed by atoms with Gasteiger partial charge >= 0.3 is 0 Å². The second-order valence-electron chi connectivity index (χ2n) is 2.40. The number of carbonyl (C=O) groups is 2. The summed E-state index contributed by atoms with van der Waals surface area (Å²) in [6.45, 7) is 3.63. The Kier molecular flexibility index (Phi) is 3.64. The van der Waals surface area contributed by atoms with E-state index in [0.29, 0.717) is 6.41 Å². The third kappa shape index (κ3) is 2.59. The Balaban J connectivity index is 3.81. The van der Waals surface area contributed by atoms with Crippen molar-refractivity contribution < 1.29 is 9.59 Å². The zero-order valence-corrected chi connectivity index (χ0v) is 6.13. The summed E-state index contributed by atoms with van der Waals surface area (Å²) in [4.78, 5) is 20.5. The topological polar surface area (TPSA) is 72.2 Å². The highest BCUT2D eigenvalue weighted by atomic mass is 16.2. The lowest BCUT2D eigenvalue weighted by atomic mass is 10.1. The van der Waals surface area contributed by atoms with E-state index in [0.717, 1.165) is 0 Å². The van der Waals surface area contributed by atoms with Gasteiger partial charge in [0.15, 0.2) is 0 Å². The molecule has 4 nitrogen and oxygen atoms in total. The summed E-state index contributed by atoms with van der Waals surface area (Å²) in [5, 5.41) is 1.98. The zero-order valence-electron chi connectivity index (χ0n) is 6.13. The molecule has 10 heavy (non-hydrogen) atoms. The summed E-state index contributed by atoms with van der Waals surface area (Å²) in [6, 6.07) is -0.592. The van der Waals surface area contributed by atoms with Crippen molar-refractivity contribution in [1.82, 2.24) is 5.32 Å². The molecule has 0 spiro atoms. The fourth-order valence-electron chi connectivity index (χ4n) is 0.457. The maximum absolute atomic E-state index is 10.7. The number of rotatable bonds is 3. The molecule has 1 unspecified atom stereocenters. The largest absolute Gasteiger partial charge is 0.320 e. The summed E-state index contributed by atoms with van der Waals surface area (Å²) in [6.07, 6.45) is 0.338. The van der Waals surface area contributed by atoms with Crippen molar-refractivity contribution in [3.8, 4) is 0 Å². The molecule has 0 fully saturated rings. The summed E-state index contributed by atoms with van der Waals surface area (Å²) >= 11 is 0. The van der Waals surface area contributed by atoms with Gasteiger partial charge in [0.1, 0.15) is 0 Å². The van der Waals surface area contributed by atoms with Crippen LogP contribution in [0.4, 0.5) is 0 Å². The van der Waals surface area contributed by atoms with Crippen LogP contribution in [-0.4, -0.2) is 18.4 Å². The monoisotopic (exact) mass is 144 g/mol. The van der Waals surface area contributed by atoms with E-state index in [1.54, 1.807) is 0 Å². The number of hydrogen-bond acceptors (Lipinski definition) is 3. The third-order valence-corrected chi connectivity index (χ3v) is 1.22. The Morgan fingerprint density at radius 3 is 2.40 bits per heavy atom. The maximum atomic E-state index is 10.7. The SMILES string of the molecule is CC(C)C(N)C(=O)NC=O. The fourth-order valence-corrected chi connectivity index (χ4v) is 0.457. The smallest absolute Gasteiger partial charge is 0.243 e. The fraction of sp³-hybridized carbons (Fsp3) is 0.667. The molecule has 0 heterocycles. The number of carbonyl (C=O) groups excluding carboxylic acids is 2. The van der Waals surface area contributed by atoms with Crippen molar-refractivity contribution in [2.45, 2.75) is 19.9 Å². The molecule has 0 radical (unpaired) electrons. The van der Waals surface area contributed by atoms with Gasteiger partial charge in [0.2, 0.25) is 12.3 Å². The zero-order chi connectivity index (χ0) is 8.15. The van der Waals surface area contributed by atoms with E-state index in [1.807, 2.05) is 19.2 Å². The van der Waals surface area contributed by atoms with Crippen LogP contribution in [0.15, 0.2) is 0 Å². The van der Waals surface area contributed by atoms with E-state index in [9.17, 15) is 9.59 Å². The van der Waals surface area contributed by atoms with Crippen molar-refractivity contribution in [3.63, 3.8) is 0 Å². The van der Waals surface area contributed by atoms with E-state index in [2.05, 4.69) is 0 Å². The van der Waals surface area contributed by atoms with Crippen LogP contribution in [0, 0.1) is 5.92 Å². The number of imide groups is 1. The normalized spacial score (nSPS) is 12.8. The van der Waals surface area contributed by atoms with Gasteiger partial charge in [0.05, 0.1) is 6.04 Å². The first-order valence-corrected chi connectivity index (χ1v) is 3.09. The summed E-state index contributed by atoms with van der Waals surface area (Å²) < 4.78 is 0. The van der Waals surface area contributed by atoms with Gasteiger partial charge in [0.25, 0.3) is 0 Å². The Labute approximate surface area is 59.8 Å². The highest BCUT2D eigenvalue weighted by Gasteiger charge is 2.15.